The van der Waals surface area contributed by atoms with E-state index in [1.807, 2.05) is 0 Å². The Labute approximate surface area is 76.9 Å². The molecule has 0 atom stereocenters. The topological polar surface area (TPSA) is 28.7 Å². The van der Waals surface area contributed by atoms with Crippen LogP contribution in [0, 0.1) is 12.3 Å². The standard InChI is InChI=1S/C7H5F3N2S/c1-2-3-5-6(4-11-12-5)13-7(8,9)10/h1,4H,3H2,(H,11,12). The fraction of sp³-hybridized carbons (Fsp3) is 0.286. The van der Waals surface area contributed by atoms with Crippen LogP contribution < -0.4 is 0 Å². The van der Waals surface area contributed by atoms with E-state index in [9.17, 15) is 13.2 Å². The van der Waals surface area contributed by atoms with Gasteiger partial charge in [-0.3, -0.25) is 5.10 Å². The lowest BCUT2D eigenvalue weighted by Gasteiger charge is -2.03. The quantitative estimate of drug-likeness (QED) is 0.593. The van der Waals surface area contributed by atoms with Crippen LogP contribution in [-0.2, 0) is 6.42 Å². The third-order valence-electron chi connectivity index (χ3n) is 1.18. The van der Waals surface area contributed by atoms with Gasteiger partial charge in [-0.2, -0.15) is 18.3 Å². The van der Waals surface area contributed by atoms with E-state index in [0.717, 1.165) is 6.20 Å². The van der Waals surface area contributed by atoms with Crippen molar-refractivity contribution in [3.63, 3.8) is 0 Å². The minimum absolute atomic E-state index is 0.0328. The molecule has 6 heteroatoms. The minimum atomic E-state index is -4.30. The summed E-state index contributed by atoms with van der Waals surface area (Å²) in [6, 6.07) is 0. The van der Waals surface area contributed by atoms with Gasteiger partial charge in [0.2, 0.25) is 0 Å². The molecule has 0 radical (unpaired) electrons. The molecule has 0 aromatic carbocycles. The van der Waals surface area contributed by atoms with Crippen molar-refractivity contribution in [3.8, 4) is 12.3 Å². The number of hydrogen-bond donors (Lipinski definition) is 1. The third-order valence-corrected chi connectivity index (χ3v) is 1.99. The molecule has 70 valence electrons. The van der Waals surface area contributed by atoms with Crippen molar-refractivity contribution in [2.75, 3.05) is 0 Å². The molecule has 0 unspecified atom stereocenters. The number of nitrogens with zero attached hydrogens (tertiary/aromatic N) is 1. The van der Waals surface area contributed by atoms with Crippen LogP contribution in [-0.4, -0.2) is 15.7 Å². The maximum absolute atomic E-state index is 11.9. The van der Waals surface area contributed by atoms with Gasteiger partial charge in [0.15, 0.2) is 0 Å². The summed E-state index contributed by atoms with van der Waals surface area (Å²) in [4.78, 5) is 0.0328. The maximum Gasteiger partial charge on any atom is 0.446 e. The van der Waals surface area contributed by atoms with Crippen LogP contribution in [0.4, 0.5) is 13.2 Å². The van der Waals surface area contributed by atoms with Crippen LogP contribution in [0.2, 0.25) is 0 Å². The zero-order chi connectivity index (χ0) is 9.90. The van der Waals surface area contributed by atoms with Crippen LogP contribution in [0.25, 0.3) is 0 Å². The summed E-state index contributed by atoms with van der Waals surface area (Å²) < 4.78 is 35.7. The van der Waals surface area contributed by atoms with Crippen LogP contribution in [0.1, 0.15) is 5.69 Å². The Morgan fingerprint density at radius 3 is 2.85 bits per heavy atom. The molecule has 1 aromatic rings. The van der Waals surface area contributed by atoms with Crippen molar-refractivity contribution >= 4 is 11.8 Å². The Morgan fingerprint density at radius 2 is 2.31 bits per heavy atom. The van der Waals surface area contributed by atoms with Gasteiger partial charge in [0, 0.05) is 0 Å². The van der Waals surface area contributed by atoms with Crippen LogP contribution >= 0.6 is 11.8 Å². The van der Waals surface area contributed by atoms with Crippen LogP contribution in [0.15, 0.2) is 11.1 Å². The Hall–Kier alpha value is -1.09. The van der Waals surface area contributed by atoms with Crippen molar-refractivity contribution in [1.82, 2.24) is 10.2 Å². The lowest BCUT2D eigenvalue weighted by atomic mass is 10.3. The van der Waals surface area contributed by atoms with E-state index >= 15 is 0 Å². The van der Waals surface area contributed by atoms with Gasteiger partial charge in [0.1, 0.15) is 0 Å². The molecule has 1 heterocycles. The summed E-state index contributed by atoms with van der Waals surface area (Å²) in [5, 5.41) is 5.90. The van der Waals surface area contributed by atoms with Gasteiger partial charge in [-0.15, -0.1) is 12.3 Å². The van der Waals surface area contributed by atoms with Gasteiger partial charge in [-0.05, 0) is 11.8 Å². The molecule has 0 fully saturated rings. The lowest BCUT2D eigenvalue weighted by molar-refractivity contribution is -0.0328. The van der Waals surface area contributed by atoms with Gasteiger partial charge in [-0.25, -0.2) is 0 Å². The smallest absolute Gasteiger partial charge is 0.280 e. The minimum Gasteiger partial charge on any atom is -0.280 e. The largest absolute Gasteiger partial charge is 0.446 e. The number of halogens is 3. The molecule has 0 aliphatic carbocycles. The first-order valence-electron chi connectivity index (χ1n) is 3.24. The first kappa shape index (κ1) is 9.99. The molecule has 0 spiro atoms. The predicted octanol–water partition coefficient (Wildman–Crippen LogP) is 2.20. The second-order valence-electron chi connectivity index (χ2n) is 2.14. The van der Waals surface area contributed by atoms with Crippen molar-refractivity contribution in [3.05, 3.63) is 11.9 Å². The zero-order valence-corrected chi connectivity index (χ0v) is 7.17. The summed E-state index contributed by atoms with van der Waals surface area (Å²) in [7, 11) is 0. The molecule has 1 N–H and O–H groups in total. The number of aromatic amines is 1. The number of rotatable bonds is 2. The molecule has 0 bridgehead atoms. The van der Waals surface area contributed by atoms with Crippen molar-refractivity contribution in [2.45, 2.75) is 16.8 Å². The Kier molecular flexibility index (Phi) is 2.88. The number of H-pyrrole nitrogens is 1. The number of nitrogens with one attached hydrogen (secondary N) is 1. The second kappa shape index (κ2) is 3.75. The molecule has 0 saturated heterocycles. The number of hydrogen-bond acceptors (Lipinski definition) is 2. The maximum atomic E-state index is 11.9. The Morgan fingerprint density at radius 1 is 1.62 bits per heavy atom. The predicted molar refractivity (Wildman–Crippen MR) is 43.0 cm³/mol. The number of aromatic nitrogens is 2. The lowest BCUT2D eigenvalue weighted by Crippen LogP contribution is -1.99. The highest BCUT2D eigenvalue weighted by molar-refractivity contribution is 8.00. The van der Waals surface area contributed by atoms with E-state index in [1.54, 1.807) is 0 Å². The van der Waals surface area contributed by atoms with Gasteiger partial charge < -0.3 is 0 Å². The van der Waals surface area contributed by atoms with E-state index in [1.165, 1.54) is 0 Å². The molecule has 1 aromatic heterocycles. The highest BCUT2D eigenvalue weighted by Gasteiger charge is 2.30. The summed E-state index contributed by atoms with van der Waals surface area (Å²) in [6.45, 7) is 0. The highest BCUT2D eigenvalue weighted by atomic mass is 32.2. The van der Waals surface area contributed by atoms with E-state index in [0.29, 0.717) is 5.69 Å². The average molecular weight is 206 g/mol. The van der Waals surface area contributed by atoms with Crippen LogP contribution in [0.3, 0.4) is 0 Å². The molecule has 0 aliphatic heterocycles. The highest BCUT2D eigenvalue weighted by Crippen LogP contribution is 2.37. The fourth-order valence-electron chi connectivity index (χ4n) is 0.743. The van der Waals surface area contributed by atoms with Gasteiger partial charge in [0.25, 0.3) is 0 Å². The molecule has 0 amide bonds. The zero-order valence-electron chi connectivity index (χ0n) is 6.35. The molecular formula is C7H5F3N2S. The van der Waals surface area contributed by atoms with Crippen LogP contribution in [0.5, 0.6) is 0 Å². The van der Waals surface area contributed by atoms with Crippen molar-refractivity contribution in [1.29, 1.82) is 0 Å². The normalized spacial score (nSPS) is 11.2. The second-order valence-corrected chi connectivity index (χ2v) is 3.25. The fourth-order valence-corrected chi connectivity index (χ4v) is 1.34. The molecule has 1 rings (SSSR count). The molecule has 0 saturated carbocycles. The summed E-state index contributed by atoms with van der Waals surface area (Å²) in [5.41, 5.74) is -3.97. The number of alkyl halides is 3. The first-order chi connectivity index (χ1) is 6.03. The first-order valence-corrected chi connectivity index (χ1v) is 4.06. The van der Waals surface area contributed by atoms with Gasteiger partial charge >= 0.3 is 5.51 Å². The molecule has 0 aliphatic rings. The van der Waals surface area contributed by atoms with Gasteiger partial charge in [0.05, 0.1) is 23.2 Å². The molecule has 13 heavy (non-hydrogen) atoms. The van der Waals surface area contributed by atoms with E-state index in [4.69, 9.17) is 6.42 Å². The van der Waals surface area contributed by atoms with E-state index in [-0.39, 0.29) is 23.1 Å². The number of thioether (sulfide) groups is 1. The summed E-state index contributed by atoms with van der Waals surface area (Å²) in [5.74, 6) is 2.24. The SMILES string of the molecule is C#CCc1[nH]ncc1SC(F)(F)F. The number of terminal acetylenes is 1. The van der Waals surface area contributed by atoms with E-state index in [2.05, 4.69) is 16.1 Å². The van der Waals surface area contributed by atoms with E-state index < -0.39 is 5.51 Å². The summed E-state index contributed by atoms with van der Waals surface area (Å²) in [6.07, 6.45) is 6.20. The van der Waals surface area contributed by atoms with Crippen molar-refractivity contribution in [2.24, 2.45) is 0 Å². The molecular weight excluding hydrogens is 201 g/mol. The third kappa shape index (κ3) is 3.03. The molecule has 2 nitrogen and oxygen atoms in total. The monoisotopic (exact) mass is 206 g/mol. The van der Waals surface area contributed by atoms with Crippen molar-refractivity contribution < 1.29 is 13.2 Å². The Bertz CT molecular complexity index is 323. The average Bonchev–Trinajstić information content (AvgIpc) is 2.34. The summed E-state index contributed by atoms with van der Waals surface area (Å²) >= 11 is -0.215. The van der Waals surface area contributed by atoms with Gasteiger partial charge in [-0.1, -0.05) is 0 Å². The Balaban J connectivity index is 2.78.